The highest BCUT2D eigenvalue weighted by atomic mass is 35.5. The summed E-state index contributed by atoms with van der Waals surface area (Å²) in [5, 5.41) is 6.34. The summed E-state index contributed by atoms with van der Waals surface area (Å²) in [6.07, 6.45) is 0.718. The van der Waals surface area contributed by atoms with Crippen LogP contribution >= 0.6 is 11.6 Å². The van der Waals surface area contributed by atoms with Gasteiger partial charge in [-0.05, 0) is 55.7 Å². The average Bonchev–Trinajstić information content (AvgIpc) is 2.68. The van der Waals surface area contributed by atoms with Crippen molar-refractivity contribution >= 4 is 23.5 Å². The lowest BCUT2D eigenvalue weighted by atomic mass is 10.1. The molecule has 0 saturated carbocycles. The Bertz CT molecular complexity index is 758. The Morgan fingerprint density at radius 1 is 0.963 bits per heavy atom. The summed E-state index contributed by atoms with van der Waals surface area (Å²) in [5.41, 5.74) is 2.68. The van der Waals surface area contributed by atoms with Crippen LogP contribution in [-0.2, 0) is 13.0 Å². The largest absolute Gasteiger partial charge is 0.339 e. The molecule has 0 unspecified atom stereocenters. The van der Waals surface area contributed by atoms with Gasteiger partial charge in [0, 0.05) is 36.8 Å². The van der Waals surface area contributed by atoms with Gasteiger partial charge < -0.3 is 15.5 Å². The van der Waals surface area contributed by atoms with Gasteiger partial charge in [-0.1, -0.05) is 35.9 Å². The lowest BCUT2D eigenvalue weighted by molar-refractivity contribution is 0.0773. The molecule has 0 spiro atoms. The van der Waals surface area contributed by atoms with E-state index in [4.69, 9.17) is 11.6 Å². The monoisotopic (exact) mass is 387 g/mol. The molecule has 3 amide bonds. The van der Waals surface area contributed by atoms with Crippen LogP contribution in [0.15, 0.2) is 48.5 Å². The number of carbonyl (C=O) groups is 2. The summed E-state index contributed by atoms with van der Waals surface area (Å²) in [6.45, 7) is 6.24. The Morgan fingerprint density at radius 3 is 2.30 bits per heavy atom. The molecule has 0 aromatic heterocycles. The minimum atomic E-state index is -0.222. The second-order valence-corrected chi connectivity index (χ2v) is 6.60. The van der Waals surface area contributed by atoms with Gasteiger partial charge in [-0.15, -0.1) is 0 Å². The number of hydrogen-bond acceptors (Lipinski definition) is 2. The van der Waals surface area contributed by atoms with E-state index in [1.807, 2.05) is 50.2 Å². The van der Waals surface area contributed by atoms with Crippen LogP contribution in [0.5, 0.6) is 0 Å². The molecule has 2 N–H and O–H groups in total. The van der Waals surface area contributed by atoms with Gasteiger partial charge in [-0.3, -0.25) is 4.79 Å². The number of nitrogens with one attached hydrogen (secondary N) is 2. The van der Waals surface area contributed by atoms with E-state index in [1.165, 1.54) is 0 Å². The topological polar surface area (TPSA) is 61.4 Å². The van der Waals surface area contributed by atoms with Crippen LogP contribution in [0.4, 0.5) is 4.79 Å². The molecule has 6 heteroatoms. The third-order valence-electron chi connectivity index (χ3n) is 4.29. The van der Waals surface area contributed by atoms with Crippen molar-refractivity contribution in [2.45, 2.75) is 26.8 Å². The van der Waals surface area contributed by atoms with E-state index in [2.05, 4.69) is 10.6 Å². The molecule has 0 atom stereocenters. The standard InChI is InChI=1S/C21H26ClN3O2/c1-3-25(4-2)20(26)18-10-8-17(9-11-18)15-24-21(27)23-13-12-16-6-5-7-19(22)14-16/h5-11,14H,3-4,12-13,15H2,1-2H3,(H2,23,24,27). The second-order valence-electron chi connectivity index (χ2n) is 6.16. The van der Waals surface area contributed by atoms with Crippen LogP contribution in [0, 0.1) is 0 Å². The summed E-state index contributed by atoms with van der Waals surface area (Å²) in [5.74, 6) is 0.0262. The van der Waals surface area contributed by atoms with Crippen LogP contribution in [-0.4, -0.2) is 36.5 Å². The van der Waals surface area contributed by atoms with Gasteiger partial charge in [0.15, 0.2) is 0 Å². The van der Waals surface area contributed by atoms with E-state index < -0.39 is 0 Å². The van der Waals surface area contributed by atoms with E-state index in [-0.39, 0.29) is 11.9 Å². The highest BCUT2D eigenvalue weighted by Crippen LogP contribution is 2.11. The lowest BCUT2D eigenvalue weighted by Gasteiger charge is -2.18. The number of nitrogens with zero attached hydrogens (tertiary/aromatic N) is 1. The molecule has 0 bridgehead atoms. The van der Waals surface area contributed by atoms with Crippen molar-refractivity contribution < 1.29 is 9.59 Å². The molecular formula is C21H26ClN3O2. The normalized spacial score (nSPS) is 10.3. The number of urea groups is 1. The molecule has 5 nitrogen and oxygen atoms in total. The number of rotatable bonds is 8. The maximum absolute atomic E-state index is 12.3. The molecule has 2 rings (SSSR count). The van der Waals surface area contributed by atoms with Crippen molar-refractivity contribution in [3.63, 3.8) is 0 Å². The Morgan fingerprint density at radius 2 is 1.67 bits per heavy atom. The van der Waals surface area contributed by atoms with E-state index in [1.54, 1.807) is 17.0 Å². The Kier molecular flexibility index (Phi) is 8.14. The van der Waals surface area contributed by atoms with Crippen LogP contribution in [0.2, 0.25) is 5.02 Å². The van der Waals surface area contributed by atoms with Gasteiger partial charge >= 0.3 is 6.03 Å². The average molecular weight is 388 g/mol. The first kappa shape index (κ1) is 20.8. The molecule has 2 aromatic rings. The molecule has 0 aliphatic rings. The smallest absolute Gasteiger partial charge is 0.315 e. The van der Waals surface area contributed by atoms with Crippen LogP contribution in [0.25, 0.3) is 0 Å². The van der Waals surface area contributed by atoms with Gasteiger partial charge in [0.05, 0.1) is 0 Å². The maximum Gasteiger partial charge on any atom is 0.315 e. The number of benzene rings is 2. The summed E-state index contributed by atoms with van der Waals surface area (Å²) >= 11 is 5.94. The predicted molar refractivity (Wildman–Crippen MR) is 109 cm³/mol. The van der Waals surface area contributed by atoms with Crippen molar-refractivity contribution in [3.05, 3.63) is 70.2 Å². The Labute approximate surface area is 165 Å². The number of halogens is 1. The van der Waals surface area contributed by atoms with Crippen molar-refractivity contribution in [3.8, 4) is 0 Å². The molecule has 0 heterocycles. The van der Waals surface area contributed by atoms with Crippen LogP contribution in [0.3, 0.4) is 0 Å². The van der Waals surface area contributed by atoms with Crippen LogP contribution < -0.4 is 10.6 Å². The molecule has 0 aliphatic heterocycles. The van der Waals surface area contributed by atoms with Crippen molar-refractivity contribution in [2.24, 2.45) is 0 Å². The molecule has 0 radical (unpaired) electrons. The van der Waals surface area contributed by atoms with Crippen LogP contribution in [0.1, 0.15) is 35.3 Å². The fraction of sp³-hybridized carbons (Fsp3) is 0.333. The SMILES string of the molecule is CCN(CC)C(=O)c1ccc(CNC(=O)NCCc2cccc(Cl)c2)cc1. The number of hydrogen-bond donors (Lipinski definition) is 2. The van der Waals surface area contributed by atoms with Crippen molar-refractivity contribution in [1.82, 2.24) is 15.5 Å². The molecule has 0 aliphatic carbocycles. The minimum absolute atomic E-state index is 0.0262. The summed E-state index contributed by atoms with van der Waals surface area (Å²) in [7, 11) is 0. The van der Waals surface area contributed by atoms with Crippen molar-refractivity contribution in [2.75, 3.05) is 19.6 Å². The molecule has 0 saturated heterocycles. The zero-order valence-corrected chi connectivity index (χ0v) is 16.6. The maximum atomic E-state index is 12.3. The summed E-state index contributed by atoms with van der Waals surface area (Å²) in [4.78, 5) is 26.0. The number of carbonyl (C=O) groups excluding carboxylic acids is 2. The third-order valence-corrected chi connectivity index (χ3v) is 4.53. The molecule has 2 aromatic carbocycles. The highest BCUT2D eigenvalue weighted by molar-refractivity contribution is 6.30. The second kappa shape index (κ2) is 10.6. The Balaban J connectivity index is 1.75. The first-order chi connectivity index (χ1) is 13.0. The zero-order valence-electron chi connectivity index (χ0n) is 15.8. The van der Waals surface area contributed by atoms with Gasteiger partial charge in [-0.25, -0.2) is 4.79 Å². The molecular weight excluding hydrogens is 362 g/mol. The van der Waals surface area contributed by atoms with Gasteiger partial charge in [-0.2, -0.15) is 0 Å². The number of amides is 3. The molecule has 27 heavy (non-hydrogen) atoms. The summed E-state index contributed by atoms with van der Waals surface area (Å²) in [6, 6.07) is 14.7. The Hall–Kier alpha value is -2.53. The first-order valence-electron chi connectivity index (χ1n) is 9.17. The van der Waals surface area contributed by atoms with Gasteiger partial charge in [0.25, 0.3) is 5.91 Å². The lowest BCUT2D eigenvalue weighted by Crippen LogP contribution is -2.36. The first-order valence-corrected chi connectivity index (χ1v) is 9.55. The fourth-order valence-electron chi connectivity index (χ4n) is 2.72. The highest BCUT2D eigenvalue weighted by Gasteiger charge is 2.11. The minimum Gasteiger partial charge on any atom is -0.339 e. The molecule has 0 fully saturated rings. The fourth-order valence-corrected chi connectivity index (χ4v) is 2.93. The van der Waals surface area contributed by atoms with Crippen molar-refractivity contribution in [1.29, 1.82) is 0 Å². The van der Waals surface area contributed by atoms with E-state index in [9.17, 15) is 9.59 Å². The van der Waals surface area contributed by atoms with E-state index in [0.29, 0.717) is 36.8 Å². The van der Waals surface area contributed by atoms with E-state index in [0.717, 1.165) is 17.5 Å². The van der Waals surface area contributed by atoms with Gasteiger partial charge in [0.1, 0.15) is 0 Å². The van der Waals surface area contributed by atoms with E-state index >= 15 is 0 Å². The summed E-state index contributed by atoms with van der Waals surface area (Å²) < 4.78 is 0. The zero-order chi connectivity index (χ0) is 19.6. The third kappa shape index (κ3) is 6.61. The predicted octanol–water partition coefficient (Wildman–Crippen LogP) is 3.86. The van der Waals surface area contributed by atoms with Gasteiger partial charge in [0.2, 0.25) is 0 Å². The molecule has 144 valence electrons. The quantitative estimate of drug-likeness (QED) is 0.722.